The maximum absolute atomic E-state index is 13.3. The van der Waals surface area contributed by atoms with Crippen LogP contribution in [-0.2, 0) is 0 Å². The van der Waals surface area contributed by atoms with Crippen LogP contribution >= 0.6 is 11.8 Å². The zero-order valence-corrected chi connectivity index (χ0v) is 17.3. The normalized spacial score (nSPS) is 14.1. The Hall–Kier alpha value is -3.13. The first-order chi connectivity index (χ1) is 14.6. The fourth-order valence-corrected chi connectivity index (χ4v) is 4.05. The van der Waals surface area contributed by atoms with Gasteiger partial charge in [0.25, 0.3) is 11.8 Å². The molecule has 2 amide bonds. The van der Waals surface area contributed by atoms with E-state index in [0.717, 1.165) is 0 Å². The fourth-order valence-electron chi connectivity index (χ4n) is 3.51. The maximum atomic E-state index is 13.3. The van der Waals surface area contributed by atoms with Gasteiger partial charge in [0.15, 0.2) is 5.16 Å². The van der Waals surface area contributed by atoms with Crippen LogP contribution in [0.1, 0.15) is 20.8 Å². The summed E-state index contributed by atoms with van der Waals surface area (Å²) in [7, 11) is 0. The van der Waals surface area contributed by atoms with Gasteiger partial charge in [0.1, 0.15) is 11.5 Å². The van der Waals surface area contributed by atoms with Gasteiger partial charge in [-0.05, 0) is 42.7 Å². The first-order valence-corrected chi connectivity index (χ1v) is 10.8. The van der Waals surface area contributed by atoms with Crippen molar-refractivity contribution in [2.24, 2.45) is 0 Å². The van der Waals surface area contributed by atoms with Gasteiger partial charge < -0.3 is 9.80 Å². The van der Waals surface area contributed by atoms with Crippen molar-refractivity contribution in [2.45, 2.75) is 5.16 Å². The summed E-state index contributed by atoms with van der Waals surface area (Å²) in [6.45, 7) is 1.83. The van der Waals surface area contributed by atoms with E-state index in [0.29, 0.717) is 48.3 Å². The van der Waals surface area contributed by atoms with Crippen LogP contribution in [0.2, 0.25) is 0 Å². The molecule has 0 unspecified atom stereocenters. The van der Waals surface area contributed by atoms with Crippen molar-refractivity contribution < 1.29 is 14.0 Å². The molecule has 1 aliphatic heterocycles. The maximum Gasteiger partial charge on any atom is 0.272 e. The van der Waals surface area contributed by atoms with Crippen molar-refractivity contribution in [3.8, 4) is 5.69 Å². The predicted octanol–water partition coefficient (Wildman–Crippen LogP) is 3.33. The van der Waals surface area contributed by atoms with Crippen molar-refractivity contribution in [3.63, 3.8) is 0 Å². The van der Waals surface area contributed by atoms with E-state index in [2.05, 4.69) is 4.98 Å². The summed E-state index contributed by atoms with van der Waals surface area (Å²) in [5.74, 6) is -0.515. The van der Waals surface area contributed by atoms with Crippen LogP contribution in [0.4, 0.5) is 4.39 Å². The number of nitrogens with zero attached hydrogens (tertiary/aromatic N) is 4. The molecule has 6 nitrogen and oxygen atoms in total. The summed E-state index contributed by atoms with van der Waals surface area (Å²) >= 11 is 1.42. The van der Waals surface area contributed by atoms with Crippen LogP contribution in [0.5, 0.6) is 0 Å². The topological polar surface area (TPSA) is 58.4 Å². The molecule has 0 N–H and O–H groups in total. The molecule has 0 bridgehead atoms. The number of hydrogen-bond acceptors (Lipinski definition) is 4. The minimum Gasteiger partial charge on any atom is -0.335 e. The summed E-state index contributed by atoms with van der Waals surface area (Å²) < 4.78 is 15.1. The summed E-state index contributed by atoms with van der Waals surface area (Å²) in [4.78, 5) is 33.7. The molecule has 8 heteroatoms. The van der Waals surface area contributed by atoms with Crippen LogP contribution < -0.4 is 0 Å². The molecule has 0 atom stereocenters. The molecule has 3 aromatic rings. The van der Waals surface area contributed by atoms with E-state index in [4.69, 9.17) is 0 Å². The first-order valence-electron chi connectivity index (χ1n) is 9.60. The molecule has 0 spiro atoms. The molecule has 4 rings (SSSR count). The summed E-state index contributed by atoms with van der Waals surface area (Å²) in [5, 5.41) is 0.655. The number of halogens is 1. The quantitative estimate of drug-likeness (QED) is 0.603. The summed E-state index contributed by atoms with van der Waals surface area (Å²) in [6.07, 6.45) is 3.43. The highest BCUT2D eigenvalue weighted by molar-refractivity contribution is 7.98. The lowest BCUT2D eigenvalue weighted by Gasteiger charge is -2.34. The van der Waals surface area contributed by atoms with Crippen LogP contribution in [0.15, 0.2) is 66.0 Å². The van der Waals surface area contributed by atoms with Gasteiger partial charge >= 0.3 is 0 Å². The van der Waals surface area contributed by atoms with Gasteiger partial charge in [0, 0.05) is 37.4 Å². The molecule has 1 aliphatic rings. The van der Waals surface area contributed by atoms with E-state index >= 15 is 0 Å². The van der Waals surface area contributed by atoms with Crippen molar-refractivity contribution in [2.75, 3.05) is 32.4 Å². The Morgan fingerprint density at radius 1 is 0.900 bits per heavy atom. The average molecular weight is 425 g/mol. The number of hydrogen-bond donors (Lipinski definition) is 0. The molecular formula is C22H21FN4O2S. The van der Waals surface area contributed by atoms with E-state index < -0.39 is 0 Å². The Morgan fingerprint density at radius 3 is 2.10 bits per heavy atom. The second kappa shape index (κ2) is 8.71. The summed E-state index contributed by atoms with van der Waals surface area (Å²) in [5.41, 5.74) is 1.75. The molecule has 2 aromatic carbocycles. The smallest absolute Gasteiger partial charge is 0.272 e. The molecule has 154 valence electrons. The zero-order valence-electron chi connectivity index (χ0n) is 16.5. The van der Waals surface area contributed by atoms with Gasteiger partial charge in [-0.25, -0.2) is 9.37 Å². The number of piperazine rings is 1. The fraction of sp³-hybridized carbons (Fsp3) is 0.227. The van der Waals surface area contributed by atoms with Crippen molar-refractivity contribution in [3.05, 3.63) is 77.9 Å². The zero-order chi connectivity index (χ0) is 21.1. The number of carbonyl (C=O) groups is 2. The van der Waals surface area contributed by atoms with Gasteiger partial charge in [0.05, 0.1) is 6.20 Å². The summed E-state index contributed by atoms with van der Waals surface area (Å²) in [6, 6.07) is 15.1. The Bertz CT molecular complexity index is 1040. The van der Waals surface area contributed by atoms with E-state index in [-0.39, 0.29) is 17.6 Å². The van der Waals surface area contributed by atoms with Crippen molar-refractivity contribution in [1.82, 2.24) is 19.4 Å². The highest BCUT2D eigenvalue weighted by Gasteiger charge is 2.28. The SMILES string of the molecule is CSc1ncc(C(=O)N2CCN(C(=O)c3ccccc3)CC2)n1-c1ccc(F)cc1. The van der Waals surface area contributed by atoms with Crippen LogP contribution in [0.3, 0.4) is 0 Å². The lowest BCUT2D eigenvalue weighted by atomic mass is 10.2. The minimum absolute atomic E-state index is 0.0243. The molecule has 0 saturated carbocycles. The third-order valence-electron chi connectivity index (χ3n) is 5.09. The monoisotopic (exact) mass is 424 g/mol. The van der Waals surface area contributed by atoms with E-state index in [1.54, 1.807) is 44.8 Å². The lowest BCUT2D eigenvalue weighted by Crippen LogP contribution is -2.50. The molecule has 2 heterocycles. The highest BCUT2D eigenvalue weighted by atomic mass is 32.2. The molecule has 1 fully saturated rings. The second-order valence-electron chi connectivity index (χ2n) is 6.89. The third kappa shape index (κ3) is 3.95. The standard InChI is InChI=1S/C22H21FN4O2S/c1-30-22-24-15-19(27(22)18-9-7-17(23)8-10-18)21(29)26-13-11-25(12-14-26)20(28)16-5-3-2-4-6-16/h2-10,15H,11-14H2,1H3. The number of benzene rings is 2. The molecule has 1 aromatic heterocycles. The van der Waals surface area contributed by atoms with Gasteiger partial charge in [-0.2, -0.15) is 0 Å². The average Bonchev–Trinajstić information content (AvgIpc) is 3.23. The number of carbonyl (C=O) groups excluding carboxylic acids is 2. The van der Waals surface area contributed by atoms with Gasteiger partial charge in [-0.15, -0.1) is 0 Å². The molecule has 0 aliphatic carbocycles. The number of imidazole rings is 1. The van der Waals surface area contributed by atoms with Crippen LogP contribution in [0, 0.1) is 5.82 Å². The number of aromatic nitrogens is 2. The lowest BCUT2D eigenvalue weighted by molar-refractivity contribution is 0.0530. The molecule has 30 heavy (non-hydrogen) atoms. The Balaban J connectivity index is 1.50. The van der Waals surface area contributed by atoms with Gasteiger partial charge in [0.2, 0.25) is 0 Å². The van der Waals surface area contributed by atoms with Crippen molar-refractivity contribution in [1.29, 1.82) is 0 Å². The Morgan fingerprint density at radius 2 is 1.50 bits per heavy atom. The predicted molar refractivity (Wildman–Crippen MR) is 114 cm³/mol. The molecule has 1 saturated heterocycles. The van der Waals surface area contributed by atoms with Crippen LogP contribution in [0.25, 0.3) is 5.69 Å². The minimum atomic E-state index is -0.336. The number of thioether (sulfide) groups is 1. The van der Waals surface area contributed by atoms with E-state index in [1.807, 2.05) is 24.5 Å². The van der Waals surface area contributed by atoms with Gasteiger partial charge in [-0.1, -0.05) is 30.0 Å². The molecule has 0 radical (unpaired) electrons. The Kier molecular flexibility index (Phi) is 5.85. The van der Waals surface area contributed by atoms with E-state index in [9.17, 15) is 14.0 Å². The third-order valence-corrected chi connectivity index (χ3v) is 5.74. The number of amides is 2. The van der Waals surface area contributed by atoms with Crippen LogP contribution in [-0.4, -0.2) is 63.6 Å². The second-order valence-corrected chi connectivity index (χ2v) is 7.67. The highest BCUT2D eigenvalue weighted by Crippen LogP contribution is 2.23. The van der Waals surface area contributed by atoms with Gasteiger partial charge in [-0.3, -0.25) is 14.2 Å². The molecular weight excluding hydrogens is 403 g/mol. The van der Waals surface area contributed by atoms with Crippen molar-refractivity contribution >= 4 is 23.6 Å². The Labute approximate surface area is 178 Å². The first kappa shape index (κ1) is 20.2. The number of rotatable bonds is 4. The van der Waals surface area contributed by atoms with E-state index in [1.165, 1.54) is 23.9 Å². The largest absolute Gasteiger partial charge is 0.335 e.